The second-order valence-electron chi connectivity index (χ2n) is 8.05. The Balaban J connectivity index is 2.02. The summed E-state index contributed by atoms with van der Waals surface area (Å²) in [6.45, 7) is 4.50. The molecule has 3 rings (SSSR count). The number of aromatic hydroxyl groups is 1. The maximum atomic E-state index is 10.2. The predicted octanol–water partition coefficient (Wildman–Crippen LogP) is 4.01. The highest BCUT2D eigenvalue weighted by atomic mass is 16.5. The van der Waals surface area contributed by atoms with Gasteiger partial charge in [-0.1, -0.05) is 30.3 Å². The molecule has 1 unspecified atom stereocenters. The van der Waals surface area contributed by atoms with E-state index in [1.807, 2.05) is 70.2 Å². The molecule has 33 heavy (non-hydrogen) atoms. The van der Waals surface area contributed by atoms with E-state index in [-0.39, 0.29) is 11.9 Å². The Morgan fingerprint density at radius 3 is 2.58 bits per heavy atom. The molecule has 0 spiro atoms. The number of phenols is 1. The van der Waals surface area contributed by atoms with Gasteiger partial charge in [0.2, 0.25) is 0 Å². The molecular formula is C25H32N6O2. The number of aryl methyl sites for hydroxylation is 1. The van der Waals surface area contributed by atoms with Crippen molar-refractivity contribution in [1.29, 1.82) is 0 Å². The first-order valence-corrected chi connectivity index (χ1v) is 10.9. The average molecular weight is 449 g/mol. The molecule has 0 aliphatic carbocycles. The van der Waals surface area contributed by atoms with Gasteiger partial charge in [0.05, 0.1) is 11.4 Å². The lowest BCUT2D eigenvalue weighted by Gasteiger charge is -2.21. The summed E-state index contributed by atoms with van der Waals surface area (Å²) in [6, 6.07) is 15.0. The van der Waals surface area contributed by atoms with Crippen LogP contribution >= 0.6 is 0 Å². The molecular weight excluding hydrogens is 416 g/mol. The van der Waals surface area contributed by atoms with E-state index in [4.69, 9.17) is 15.5 Å². The molecule has 3 aromatic rings. The van der Waals surface area contributed by atoms with Gasteiger partial charge in [0.1, 0.15) is 23.3 Å². The van der Waals surface area contributed by atoms with Gasteiger partial charge in [0.25, 0.3) is 0 Å². The largest absolute Gasteiger partial charge is 0.508 e. The highest BCUT2D eigenvalue weighted by Crippen LogP contribution is 2.36. The smallest absolute Gasteiger partial charge is 0.174 e. The molecule has 0 bridgehead atoms. The van der Waals surface area contributed by atoms with E-state index >= 15 is 0 Å². The number of rotatable bonds is 9. The third kappa shape index (κ3) is 5.78. The Kier molecular flexibility index (Phi) is 7.84. The second-order valence-corrected chi connectivity index (χ2v) is 8.05. The number of hydrogen-bond donors (Lipinski definition) is 3. The van der Waals surface area contributed by atoms with Crippen molar-refractivity contribution >= 4 is 22.9 Å². The van der Waals surface area contributed by atoms with Gasteiger partial charge in [-0.15, -0.1) is 5.10 Å². The number of aliphatic imine (C=N–C) groups is 1. The van der Waals surface area contributed by atoms with Gasteiger partial charge in [0, 0.05) is 37.9 Å². The van der Waals surface area contributed by atoms with E-state index in [0.29, 0.717) is 34.3 Å². The summed E-state index contributed by atoms with van der Waals surface area (Å²) in [5, 5.41) is 21.8. The lowest BCUT2D eigenvalue weighted by molar-refractivity contribution is 0.195. The lowest BCUT2D eigenvalue weighted by atomic mass is 10.1. The number of anilines is 2. The minimum atomic E-state index is -0.174. The number of aromatic nitrogens is 2. The van der Waals surface area contributed by atoms with E-state index in [2.05, 4.69) is 15.5 Å². The van der Waals surface area contributed by atoms with Crippen LogP contribution in [0.2, 0.25) is 0 Å². The number of nitrogen functional groups attached to an aromatic ring is 1. The molecule has 0 saturated carbocycles. The van der Waals surface area contributed by atoms with Crippen molar-refractivity contribution in [2.45, 2.75) is 26.4 Å². The van der Waals surface area contributed by atoms with Crippen LogP contribution in [0.15, 0.2) is 53.5 Å². The van der Waals surface area contributed by atoms with E-state index in [1.165, 1.54) is 0 Å². The standard InChI is InChI=1S/C25H32N6O2/c1-16(23-17(2)29-30-25(24(23)26)31(4)5)28-20-15-19(32)11-12-22(20)33-21(13-14-27-3)18-9-7-6-8-10-18/h6-12,15,21,27,32H,13-14H2,1-5H3,(H2,26,29). The highest BCUT2D eigenvalue weighted by molar-refractivity contribution is 6.07. The van der Waals surface area contributed by atoms with Crippen molar-refractivity contribution < 1.29 is 9.84 Å². The molecule has 1 aromatic heterocycles. The number of hydrogen-bond acceptors (Lipinski definition) is 8. The topological polar surface area (TPSA) is 109 Å². The fraction of sp³-hybridized carbons (Fsp3) is 0.320. The van der Waals surface area contributed by atoms with Gasteiger partial charge in [0.15, 0.2) is 5.82 Å². The normalized spacial score (nSPS) is 12.5. The van der Waals surface area contributed by atoms with Crippen molar-refractivity contribution in [2.75, 3.05) is 38.3 Å². The fourth-order valence-corrected chi connectivity index (χ4v) is 3.64. The molecule has 8 nitrogen and oxygen atoms in total. The zero-order valence-corrected chi connectivity index (χ0v) is 19.8. The first-order chi connectivity index (χ1) is 15.8. The third-order valence-corrected chi connectivity index (χ3v) is 5.28. The van der Waals surface area contributed by atoms with Gasteiger partial charge < -0.3 is 25.8 Å². The molecule has 0 amide bonds. The van der Waals surface area contributed by atoms with Gasteiger partial charge >= 0.3 is 0 Å². The Morgan fingerprint density at radius 2 is 1.91 bits per heavy atom. The Morgan fingerprint density at radius 1 is 1.18 bits per heavy atom. The summed E-state index contributed by atoms with van der Waals surface area (Å²) >= 11 is 0. The van der Waals surface area contributed by atoms with Crippen molar-refractivity contribution in [3.63, 3.8) is 0 Å². The van der Waals surface area contributed by atoms with Crippen molar-refractivity contribution in [2.24, 2.45) is 4.99 Å². The number of nitrogens with zero attached hydrogens (tertiary/aromatic N) is 4. The van der Waals surface area contributed by atoms with Crippen LogP contribution in [0.3, 0.4) is 0 Å². The first kappa shape index (κ1) is 24.0. The summed E-state index contributed by atoms with van der Waals surface area (Å²) in [5.41, 5.74) is 10.6. The monoisotopic (exact) mass is 448 g/mol. The number of benzene rings is 2. The van der Waals surface area contributed by atoms with Crippen LogP contribution in [-0.4, -0.2) is 48.7 Å². The van der Waals surface area contributed by atoms with Crippen molar-refractivity contribution in [3.05, 3.63) is 65.4 Å². The predicted molar refractivity (Wildman–Crippen MR) is 134 cm³/mol. The fourth-order valence-electron chi connectivity index (χ4n) is 3.64. The molecule has 0 aliphatic rings. The number of nitrogens with one attached hydrogen (secondary N) is 1. The second kappa shape index (κ2) is 10.8. The van der Waals surface area contributed by atoms with Crippen molar-refractivity contribution in [3.8, 4) is 11.5 Å². The van der Waals surface area contributed by atoms with Crippen LogP contribution in [0.25, 0.3) is 0 Å². The minimum absolute atomic E-state index is 0.104. The Labute approximate surface area is 195 Å². The maximum Gasteiger partial charge on any atom is 0.174 e. The van der Waals surface area contributed by atoms with Crippen LogP contribution in [0.1, 0.15) is 36.3 Å². The summed E-state index contributed by atoms with van der Waals surface area (Å²) in [4.78, 5) is 6.60. The van der Waals surface area contributed by atoms with Gasteiger partial charge in [-0.05, 0) is 45.1 Å². The van der Waals surface area contributed by atoms with Crippen LogP contribution in [0.5, 0.6) is 11.5 Å². The van der Waals surface area contributed by atoms with Crippen molar-refractivity contribution in [1.82, 2.24) is 15.5 Å². The summed E-state index contributed by atoms with van der Waals surface area (Å²) in [5.74, 6) is 1.25. The molecule has 4 N–H and O–H groups in total. The van der Waals surface area contributed by atoms with Gasteiger partial charge in [-0.2, -0.15) is 5.10 Å². The van der Waals surface area contributed by atoms with E-state index < -0.39 is 0 Å². The third-order valence-electron chi connectivity index (χ3n) is 5.28. The van der Waals surface area contributed by atoms with Gasteiger partial charge in [-0.3, -0.25) is 0 Å². The Hall–Kier alpha value is -3.65. The quantitative estimate of drug-likeness (QED) is 0.424. The van der Waals surface area contributed by atoms with Crippen LogP contribution in [0, 0.1) is 6.92 Å². The first-order valence-electron chi connectivity index (χ1n) is 10.9. The zero-order valence-electron chi connectivity index (χ0n) is 19.8. The SMILES string of the molecule is CNCCC(Oc1ccc(O)cc1N=C(C)c1c(C)nnc(N(C)C)c1N)c1ccccc1. The molecule has 0 saturated heterocycles. The van der Waals surface area contributed by atoms with Crippen LogP contribution in [-0.2, 0) is 0 Å². The molecule has 8 heteroatoms. The lowest BCUT2D eigenvalue weighted by Crippen LogP contribution is -2.18. The van der Waals surface area contributed by atoms with E-state index in [0.717, 1.165) is 24.1 Å². The molecule has 174 valence electrons. The zero-order chi connectivity index (χ0) is 24.0. The summed E-state index contributed by atoms with van der Waals surface area (Å²) in [7, 11) is 5.64. The van der Waals surface area contributed by atoms with E-state index in [1.54, 1.807) is 18.2 Å². The molecule has 0 aliphatic heterocycles. The van der Waals surface area contributed by atoms with Crippen LogP contribution < -0.4 is 20.7 Å². The molecule has 1 atom stereocenters. The number of phenolic OH excluding ortho intramolecular Hbond substituents is 1. The molecule has 2 aromatic carbocycles. The average Bonchev–Trinajstić information content (AvgIpc) is 2.78. The molecule has 0 radical (unpaired) electrons. The van der Waals surface area contributed by atoms with Gasteiger partial charge in [-0.25, -0.2) is 4.99 Å². The summed E-state index contributed by atoms with van der Waals surface area (Å²) in [6.07, 6.45) is 0.600. The molecule has 0 fully saturated rings. The highest BCUT2D eigenvalue weighted by Gasteiger charge is 2.18. The summed E-state index contributed by atoms with van der Waals surface area (Å²) < 4.78 is 6.42. The number of nitrogens with two attached hydrogens (primary N) is 1. The number of ether oxygens (including phenoxy) is 1. The molecule has 1 heterocycles. The maximum absolute atomic E-state index is 10.2. The van der Waals surface area contributed by atoms with E-state index in [9.17, 15) is 5.11 Å². The Bertz CT molecular complexity index is 1120. The minimum Gasteiger partial charge on any atom is -0.508 e. The van der Waals surface area contributed by atoms with Crippen LogP contribution in [0.4, 0.5) is 17.2 Å².